The van der Waals surface area contributed by atoms with Crippen molar-refractivity contribution in [3.05, 3.63) is 35.4 Å². The second-order valence-electron chi connectivity index (χ2n) is 3.95. The van der Waals surface area contributed by atoms with Crippen molar-refractivity contribution in [3.63, 3.8) is 0 Å². The van der Waals surface area contributed by atoms with Gasteiger partial charge in [0, 0.05) is 6.04 Å². The van der Waals surface area contributed by atoms with Crippen molar-refractivity contribution in [2.45, 2.75) is 25.3 Å². The van der Waals surface area contributed by atoms with Crippen molar-refractivity contribution in [1.82, 2.24) is 5.32 Å². The Kier molecular flexibility index (Phi) is 2.90. The fourth-order valence-electron chi connectivity index (χ4n) is 1.68. The lowest BCUT2D eigenvalue weighted by molar-refractivity contribution is 0.0690. The van der Waals surface area contributed by atoms with Gasteiger partial charge in [-0.25, -0.2) is 4.79 Å². The van der Waals surface area contributed by atoms with Gasteiger partial charge in [0.05, 0.1) is 11.1 Å². The average Bonchev–Trinajstić information content (AvgIpc) is 2.23. The Balaban J connectivity index is 2.18. The maximum absolute atomic E-state index is 11.8. The highest BCUT2D eigenvalue weighted by molar-refractivity contribution is 6.04. The van der Waals surface area contributed by atoms with Gasteiger partial charge in [0.15, 0.2) is 0 Å². The number of nitrogens with one attached hydrogen (secondary N) is 1. The van der Waals surface area contributed by atoms with E-state index in [-0.39, 0.29) is 23.1 Å². The van der Waals surface area contributed by atoms with Crippen molar-refractivity contribution in [1.29, 1.82) is 0 Å². The molecule has 0 atom stereocenters. The Morgan fingerprint density at radius 3 is 2.31 bits per heavy atom. The number of benzene rings is 1. The van der Waals surface area contributed by atoms with Gasteiger partial charge < -0.3 is 10.4 Å². The molecule has 1 aliphatic rings. The highest BCUT2D eigenvalue weighted by atomic mass is 16.4. The predicted octanol–water partition coefficient (Wildman–Crippen LogP) is 1.67. The first-order valence-corrected chi connectivity index (χ1v) is 5.31. The van der Waals surface area contributed by atoms with Crippen LogP contribution in [0.4, 0.5) is 0 Å². The van der Waals surface area contributed by atoms with Crippen LogP contribution in [0.2, 0.25) is 0 Å². The minimum absolute atomic E-state index is 0.0549. The molecule has 0 bridgehead atoms. The highest BCUT2D eigenvalue weighted by Crippen LogP contribution is 2.19. The zero-order valence-corrected chi connectivity index (χ0v) is 8.77. The second-order valence-corrected chi connectivity index (χ2v) is 3.95. The molecule has 4 heteroatoms. The van der Waals surface area contributed by atoms with Crippen LogP contribution in [0.25, 0.3) is 0 Å². The van der Waals surface area contributed by atoms with Gasteiger partial charge in [0.2, 0.25) is 0 Å². The molecular weight excluding hydrogens is 206 g/mol. The molecule has 0 aromatic heterocycles. The number of amides is 1. The van der Waals surface area contributed by atoms with Crippen molar-refractivity contribution >= 4 is 11.9 Å². The maximum Gasteiger partial charge on any atom is 0.336 e. The number of carbonyl (C=O) groups excluding carboxylic acids is 1. The average molecular weight is 219 g/mol. The molecule has 0 unspecified atom stereocenters. The van der Waals surface area contributed by atoms with E-state index in [0.717, 1.165) is 19.3 Å². The topological polar surface area (TPSA) is 66.4 Å². The third kappa shape index (κ3) is 2.05. The zero-order chi connectivity index (χ0) is 11.5. The van der Waals surface area contributed by atoms with E-state index in [1.807, 2.05) is 0 Å². The molecule has 0 radical (unpaired) electrons. The van der Waals surface area contributed by atoms with Gasteiger partial charge in [0.25, 0.3) is 5.91 Å². The lowest BCUT2D eigenvalue weighted by Crippen LogP contribution is -2.40. The molecule has 2 rings (SSSR count). The quantitative estimate of drug-likeness (QED) is 0.812. The van der Waals surface area contributed by atoms with Crippen molar-refractivity contribution < 1.29 is 14.7 Å². The Hall–Kier alpha value is -1.84. The highest BCUT2D eigenvalue weighted by Gasteiger charge is 2.22. The number of carboxylic acids is 1. The summed E-state index contributed by atoms with van der Waals surface area (Å²) in [4.78, 5) is 22.7. The molecule has 4 nitrogen and oxygen atoms in total. The third-order valence-corrected chi connectivity index (χ3v) is 2.84. The zero-order valence-electron chi connectivity index (χ0n) is 8.77. The summed E-state index contributed by atoms with van der Waals surface area (Å²) >= 11 is 0. The van der Waals surface area contributed by atoms with Crippen molar-refractivity contribution in [2.24, 2.45) is 0 Å². The number of carboxylic acid groups (broad SMARTS) is 1. The molecule has 1 fully saturated rings. The summed E-state index contributed by atoms with van der Waals surface area (Å²) in [6.45, 7) is 0. The summed E-state index contributed by atoms with van der Waals surface area (Å²) in [5, 5.41) is 11.8. The van der Waals surface area contributed by atoms with E-state index in [1.165, 1.54) is 12.1 Å². The number of carbonyl (C=O) groups is 2. The SMILES string of the molecule is O=C(O)c1ccccc1C(=O)NC1CCC1. The van der Waals surface area contributed by atoms with Gasteiger partial charge in [-0.15, -0.1) is 0 Å². The molecule has 1 aromatic rings. The van der Waals surface area contributed by atoms with Crippen LogP contribution in [0.5, 0.6) is 0 Å². The minimum Gasteiger partial charge on any atom is -0.478 e. The van der Waals surface area contributed by atoms with Crippen LogP contribution in [-0.2, 0) is 0 Å². The molecule has 1 aromatic carbocycles. The van der Waals surface area contributed by atoms with Gasteiger partial charge in [-0.05, 0) is 31.4 Å². The van der Waals surface area contributed by atoms with Crippen LogP contribution in [0.3, 0.4) is 0 Å². The Morgan fingerprint density at radius 1 is 1.19 bits per heavy atom. The number of aromatic carboxylic acids is 1. The normalized spacial score (nSPS) is 15.2. The lowest BCUT2D eigenvalue weighted by atomic mass is 9.92. The number of rotatable bonds is 3. The van der Waals surface area contributed by atoms with E-state index in [4.69, 9.17) is 5.11 Å². The summed E-state index contributed by atoms with van der Waals surface area (Å²) in [5.41, 5.74) is 0.293. The monoisotopic (exact) mass is 219 g/mol. The van der Waals surface area contributed by atoms with E-state index in [1.54, 1.807) is 12.1 Å². The first kappa shape index (κ1) is 10.7. The van der Waals surface area contributed by atoms with Crippen molar-refractivity contribution in [3.8, 4) is 0 Å². The first-order chi connectivity index (χ1) is 7.68. The largest absolute Gasteiger partial charge is 0.478 e. The molecule has 2 N–H and O–H groups in total. The molecule has 1 amide bonds. The molecule has 0 heterocycles. The fourth-order valence-corrected chi connectivity index (χ4v) is 1.68. The lowest BCUT2D eigenvalue weighted by Gasteiger charge is -2.26. The second kappa shape index (κ2) is 4.35. The van der Waals surface area contributed by atoms with Crippen LogP contribution >= 0.6 is 0 Å². The van der Waals surface area contributed by atoms with Crippen LogP contribution in [0, 0.1) is 0 Å². The molecule has 1 aliphatic carbocycles. The molecular formula is C12H13NO3. The van der Waals surface area contributed by atoms with E-state index >= 15 is 0 Å². The Labute approximate surface area is 93.3 Å². The molecule has 0 aliphatic heterocycles. The summed E-state index contributed by atoms with van der Waals surface area (Å²) in [6.07, 6.45) is 3.10. The molecule has 84 valence electrons. The first-order valence-electron chi connectivity index (χ1n) is 5.31. The molecule has 1 saturated carbocycles. The van der Waals surface area contributed by atoms with E-state index < -0.39 is 5.97 Å². The molecule has 0 saturated heterocycles. The number of hydrogen-bond acceptors (Lipinski definition) is 2. The molecule has 0 spiro atoms. The molecule has 16 heavy (non-hydrogen) atoms. The standard InChI is InChI=1S/C12H13NO3/c14-11(13-8-4-3-5-8)9-6-1-2-7-10(9)12(15)16/h1-2,6-8H,3-5H2,(H,13,14)(H,15,16). The fraction of sp³-hybridized carbons (Fsp3) is 0.333. The van der Waals surface area contributed by atoms with Gasteiger partial charge in [0.1, 0.15) is 0 Å². The van der Waals surface area contributed by atoms with Crippen LogP contribution in [0.1, 0.15) is 40.0 Å². The van der Waals surface area contributed by atoms with Crippen molar-refractivity contribution in [2.75, 3.05) is 0 Å². The van der Waals surface area contributed by atoms with Gasteiger partial charge in [-0.2, -0.15) is 0 Å². The Morgan fingerprint density at radius 2 is 1.81 bits per heavy atom. The smallest absolute Gasteiger partial charge is 0.336 e. The third-order valence-electron chi connectivity index (χ3n) is 2.84. The van der Waals surface area contributed by atoms with Gasteiger partial charge in [-0.1, -0.05) is 12.1 Å². The number of hydrogen-bond donors (Lipinski definition) is 2. The van der Waals surface area contributed by atoms with E-state index in [2.05, 4.69) is 5.32 Å². The Bertz CT molecular complexity index is 424. The summed E-state index contributed by atoms with van der Waals surface area (Å²) in [6, 6.07) is 6.48. The van der Waals surface area contributed by atoms with Crippen LogP contribution in [-0.4, -0.2) is 23.0 Å². The summed E-state index contributed by atoms with van der Waals surface area (Å²) < 4.78 is 0. The van der Waals surface area contributed by atoms with E-state index in [0.29, 0.717) is 0 Å². The van der Waals surface area contributed by atoms with Gasteiger partial charge >= 0.3 is 5.97 Å². The van der Waals surface area contributed by atoms with Crippen LogP contribution < -0.4 is 5.32 Å². The maximum atomic E-state index is 11.8. The summed E-state index contributed by atoms with van der Waals surface area (Å²) in [5.74, 6) is -1.36. The van der Waals surface area contributed by atoms with E-state index in [9.17, 15) is 9.59 Å². The van der Waals surface area contributed by atoms with Crippen LogP contribution in [0.15, 0.2) is 24.3 Å². The minimum atomic E-state index is -1.07. The summed E-state index contributed by atoms with van der Waals surface area (Å²) in [7, 11) is 0. The predicted molar refractivity (Wildman–Crippen MR) is 58.5 cm³/mol. The van der Waals surface area contributed by atoms with Gasteiger partial charge in [-0.3, -0.25) is 4.79 Å².